The van der Waals surface area contributed by atoms with Crippen molar-refractivity contribution in [1.82, 2.24) is 5.32 Å². The molecule has 3 unspecified atom stereocenters. The first kappa shape index (κ1) is 11.6. The van der Waals surface area contributed by atoms with Crippen molar-refractivity contribution >= 4 is 11.3 Å². The van der Waals surface area contributed by atoms with Gasteiger partial charge < -0.3 is 5.32 Å². The van der Waals surface area contributed by atoms with Gasteiger partial charge in [-0.25, -0.2) is 0 Å². The Labute approximate surface area is 101 Å². The van der Waals surface area contributed by atoms with Crippen LogP contribution >= 0.6 is 11.3 Å². The van der Waals surface area contributed by atoms with Crippen LogP contribution in [0.5, 0.6) is 0 Å². The van der Waals surface area contributed by atoms with Crippen molar-refractivity contribution in [3.8, 4) is 6.07 Å². The van der Waals surface area contributed by atoms with Gasteiger partial charge in [-0.15, -0.1) is 11.3 Å². The highest BCUT2D eigenvalue weighted by atomic mass is 32.1. The molecule has 1 aliphatic carbocycles. The molecule has 1 aromatic rings. The molecule has 0 bridgehead atoms. The van der Waals surface area contributed by atoms with Crippen LogP contribution in [0.3, 0.4) is 0 Å². The van der Waals surface area contributed by atoms with Crippen molar-refractivity contribution in [2.75, 3.05) is 0 Å². The van der Waals surface area contributed by atoms with Crippen LogP contribution in [0.25, 0.3) is 0 Å². The maximum Gasteiger partial charge on any atom is 0.0672 e. The van der Waals surface area contributed by atoms with Crippen LogP contribution in [0.2, 0.25) is 0 Å². The predicted octanol–water partition coefficient (Wildman–Crippen LogP) is 3.48. The molecule has 3 heteroatoms. The summed E-state index contributed by atoms with van der Waals surface area (Å²) in [6.45, 7) is 2.20. The van der Waals surface area contributed by atoms with Crippen molar-refractivity contribution in [2.24, 2.45) is 5.92 Å². The lowest BCUT2D eigenvalue weighted by molar-refractivity contribution is 0.398. The summed E-state index contributed by atoms with van der Waals surface area (Å²) in [7, 11) is 0. The molecule has 1 heterocycles. The molecule has 0 aromatic carbocycles. The summed E-state index contributed by atoms with van der Waals surface area (Å²) < 4.78 is 0. The van der Waals surface area contributed by atoms with Crippen molar-refractivity contribution in [1.29, 1.82) is 5.26 Å². The molecule has 1 aliphatic rings. The van der Waals surface area contributed by atoms with Gasteiger partial charge in [-0.05, 0) is 30.7 Å². The number of thiophene rings is 1. The van der Waals surface area contributed by atoms with Crippen LogP contribution in [0, 0.1) is 17.2 Å². The maximum absolute atomic E-state index is 9.07. The predicted molar refractivity (Wildman–Crippen MR) is 67.2 cm³/mol. The number of rotatable bonds is 4. The Morgan fingerprint density at radius 2 is 2.50 bits per heavy atom. The first-order valence-electron chi connectivity index (χ1n) is 6.04. The van der Waals surface area contributed by atoms with Crippen LogP contribution in [0.1, 0.15) is 43.5 Å². The standard InChI is InChI=1S/C13H18N2S/c1-2-11(13-7-4-8-16-13)15-12-6-3-5-10(12)9-14/h4,7-8,10-12,15H,2-3,5-6H2,1H3. The van der Waals surface area contributed by atoms with Crippen LogP contribution in [0.4, 0.5) is 0 Å². The van der Waals surface area contributed by atoms with E-state index in [1.807, 2.05) is 0 Å². The molecule has 16 heavy (non-hydrogen) atoms. The van der Waals surface area contributed by atoms with Crippen molar-refractivity contribution in [2.45, 2.75) is 44.7 Å². The summed E-state index contributed by atoms with van der Waals surface area (Å²) in [4.78, 5) is 1.39. The summed E-state index contributed by atoms with van der Waals surface area (Å²) in [5, 5.41) is 14.8. The Bertz CT molecular complexity index is 353. The molecule has 2 nitrogen and oxygen atoms in total. The second-order valence-electron chi connectivity index (χ2n) is 4.42. The van der Waals surface area contributed by atoms with E-state index >= 15 is 0 Å². The average molecular weight is 234 g/mol. The topological polar surface area (TPSA) is 35.8 Å². The van der Waals surface area contributed by atoms with E-state index in [2.05, 4.69) is 35.8 Å². The van der Waals surface area contributed by atoms with Gasteiger partial charge in [-0.1, -0.05) is 19.4 Å². The molecule has 3 atom stereocenters. The van der Waals surface area contributed by atoms with Crippen molar-refractivity contribution < 1.29 is 0 Å². The Balaban J connectivity index is 2.00. The Kier molecular flexibility index (Phi) is 3.98. The minimum absolute atomic E-state index is 0.217. The molecule has 1 saturated carbocycles. The first-order valence-corrected chi connectivity index (χ1v) is 6.92. The second kappa shape index (κ2) is 5.47. The van der Waals surface area contributed by atoms with E-state index in [1.165, 1.54) is 11.3 Å². The Morgan fingerprint density at radius 1 is 1.62 bits per heavy atom. The zero-order chi connectivity index (χ0) is 11.4. The number of nitrogens with zero attached hydrogens (tertiary/aromatic N) is 1. The van der Waals surface area contributed by atoms with Crippen LogP contribution < -0.4 is 5.32 Å². The van der Waals surface area contributed by atoms with Gasteiger partial charge >= 0.3 is 0 Å². The van der Waals surface area contributed by atoms with Gasteiger partial charge in [0.15, 0.2) is 0 Å². The molecule has 0 spiro atoms. The van der Waals surface area contributed by atoms with Gasteiger partial charge in [0.25, 0.3) is 0 Å². The van der Waals surface area contributed by atoms with E-state index in [0.717, 1.165) is 19.3 Å². The van der Waals surface area contributed by atoms with Crippen LogP contribution in [-0.2, 0) is 0 Å². The highest BCUT2D eigenvalue weighted by Gasteiger charge is 2.28. The monoisotopic (exact) mass is 234 g/mol. The lowest BCUT2D eigenvalue weighted by Gasteiger charge is -2.22. The zero-order valence-electron chi connectivity index (χ0n) is 9.65. The van der Waals surface area contributed by atoms with E-state index < -0.39 is 0 Å². The van der Waals surface area contributed by atoms with Crippen LogP contribution in [-0.4, -0.2) is 6.04 Å². The molecule has 1 aromatic heterocycles. The average Bonchev–Trinajstić information content (AvgIpc) is 2.96. The normalized spacial score (nSPS) is 26.5. The lowest BCUT2D eigenvalue weighted by Crippen LogP contribution is -2.34. The maximum atomic E-state index is 9.07. The van der Waals surface area contributed by atoms with E-state index in [-0.39, 0.29) is 5.92 Å². The first-order chi connectivity index (χ1) is 7.85. The molecular weight excluding hydrogens is 216 g/mol. The summed E-state index contributed by atoms with van der Waals surface area (Å²) in [5.74, 6) is 0.217. The third-order valence-corrected chi connectivity index (χ3v) is 4.38. The Morgan fingerprint density at radius 3 is 3.12 bits per heavy atom. The molecular formula is C13H18N2S. The summed E-state index contributed by atoms with van der Waals surface area (Å²) in [6, 6.07) is 7.54. The largest absolute Gasteiger partial charge is 0.305 e. The number of hydrogen-bond acceptors (Lipinski definition) is 3. The lowest BCUT2D eigenvalue weighted by atomic mass is 10.0. The van der Waals surface area contributed by atoms with Crippen LogP contribution in [0.15, 0.2) is 17.5 Å². The molecule has 0 saturated heterocycles. The van der Waals surface area contributed by atoms with E-state index in [1.54, 1.807) is 11.3 Å². The molecule has 0 radical (unpaired) electrons. The van der Waals surface area contributed by atoms with Crippen molar-refractivity contribution in [3.05, 3.63) is 22.4 Å². The van der Waals surface area contributed by atoms with E-state index in [0.29, 0.717) is 12.1 Å². The van der Waals surface area contributed by atoms with Gasteiger partial charge in [0, 0.05) is 17.0 Å². The molecule has 0 aliphatic heterocycles. The third kappa shape index (κ3) is 2.45. The highest BCUT2D eigenvalue weighted by Crippen LogP contribution is 2.29. The summed E-state index contributed by atoms with van der Waals surface area (Å²) >= 11 is 1.80. The van der Waals surface area contributed by atoms with Gasteiger partial charge in [0.2, 0.25) is 0 Å². The minimum atomic E-state index is 0.217. The summed E-state index contributed by atoms with van der Waals surface area (Å²) in [6.07, 6.45) is 4.50. The Hall–Kier alpha value is -0.850. The van der Waals surface area contributed by atoms with Gasteiger partial charge in [-0.2, -0.15) is 5.26 Å². The molecule has 86 valence electrons. The number of nitrogens with one attached hydrogen (secondary N) is 1. The number of nitriles is 1. The SMILES string of the molecule is CCC(NC1CCCC1C#N)c1cccs1. The fourth-order valence-corrected chi connectivity index (χ4v) is 3.33. The second-order valence-corrected chi connectivity index (χ2v) is 5.40. The quantitative estimate of drug-likeness (QED) is 0.865. The molecule has 1 fully saturated rings. The molecule has 1 N–H and O–H groups in total. The van der Waals surface area contributed by atoms with E-state index in [4.69, 9.17) is 5.26 Å². The third-order valence-electron chi connectivity index (χ3n) is 3.39. The highest BCUT2D eigenvalue weighted by molar-refractivity contribution is 7.10. The van der Waals surface area contributed by atoms with Gasteiger partial charge in [0.1, 0.15) is 0 Å². The minimum Gasteiger partial charge on any atom is -0.305 e. The zero-order valence-corrected chi connectivity index (χ0v) is 10.5. The summed E-state index contributed by atoms with van der Waals surface area (Å²) in [5.41, 5.74) is 0. The molecule has 2 rings (SSSR count). The van der Waals surface area contributed by atoms with Crippen molar-refractivity contribution in [3.63, 3.8) is 0 Å². The number of hydrogen-bond donors (Lipinski definition) is 1. The smallest absolute Gasteiger partial charge is 0.0672 e. The van der Waals surface area contributed by atoms with Gasteiger partial charge in [0.05, 0.1) is 12.0 Å². The van der Waals surface area contributed by atoms with E-state index in [9.17, 15) is 0 Å². The molecule has 0 amide bonds. The van der Waals surface area contributed by atoms with Gasteiger partial charge in [-0.3, -0.25) is 0 Å². The fourth-order valence-electron chi connectivity index (χ4n) is 2.46. The fraction of sp³-hybridized carbons (Fsp3) is 0.615.